The van der Waals surface area contributed by atoms with E-state index in [9.17, 15) is 5.26 Å². The van der Waals surface area contributed by atoms with Crippen LogP contribution in [0.2, 0.25) is 0 Å². The number of benzene rings is 1. The Hall–Kier alpha value is -1.53. The maximum absolute atomic E-state index is 9.44. The van der Waals surface area contributed by atoms with Crippen LogP contribution in [0.5, 0.6) is 5.75 Å². The molecule has 0 bridgehead atoms. The number of nitriles is 1. The number of nitrogens with zero attached hydrogens (tertiary/aromatic N) is 1. The Kier molecular flexibility index (Phi) is 4.35. The van der Waals surface area contributed by atoms with Crippen LogP contribution in [0.3, 0.4) is 0 Å². The van der Waals surface area contributed by atoms with Gasteiger partial charge in [0.1, 0.15) is 17.9 Å². The average Bonchev–Trinajstić information content (AvgIpc) is 3.25. The smallest absolute Gasteiger partial charge is 0.143 e. The lowest BCUT2D eigenvalue weighted by molar-refractivity contribution is 0.210. The summed E-state index contributed by atoms with van der Waals surface area (Å²) in [6.45, 7) is 6.90. The molecule has 108 valence electrons. The van der Waals surface area contributed by atoms with Gasteiger partial charge in [-0.15, -0.1) is 0 Å². The Balaban J connectivity index is 2.07. The molecule has 0 aromatic heterocycles. The Bertz CT molecular complexity index is 514. The fraction of sp³-hybridized carbons (Fsp3) is 0.588. The lowest BCUT2D eigenvalue weighted by Gasteiger charge is -2.26. The van der Waals surface area contributed by atoms with Crippen LogP contribution < -0.4 is 10.1 Å². The fourth-order valence-corrected chi connectivity index (χ4v) is 2.73. The second-order valence-corrected chi connectivity index (χ2v) is 6.07. The molecular weight excluding hydrogens is 248 g/mol. The highest BCUT2D eigenvalue weighted by Gasteiger charge is 2.45. The predicted octanol–water partition coefficient (Wildman–Crippen LogP) is 3.39. The van der Waals surface area contributed by atoms with Gasteiger partial charge in [-0.3, -0.25) is 5.32 Å². The third-order valence-electron chi connectivity index (χ3n) is 4.25. The maximum Gasteiger partial charge on any atom is 0.143 e. The van der Waals surface area contributed by atoms with Crippen LogP contribution in [-0.2, 0) is 0 Å². The van der Waals surface area contributed by atoms with Crippen LogP contribution in [0.15, 0.2) is 18.2 Å². The molecule has 2 rings (SSSR count). The number of hydrogen-bond acceptors (Lipinski definition) is 3. The number of ether oxygens (including phenoxy) is 1. The molecule has 1 fully saturated rings. The minimum Gasteiger partial charge on any atom is -0.491 e. The Labute approximate surface area is 121 Å². The van der Waals surface area contributed by atoms with Crippen molar-refractivity contribution in [2.24, 2.45) is 5.92 Å². The van der Waals surface area contributed by atoms with E-state index < -0.39 is 5.54 Å². The summed E-state index contributed by atoms with van der Waals surface area (Å²) in [6, 6.07) is 8.61. The minimum absolute atomic E-state index is 0.408. The summed E-state index contributed by atoms with van der Waals surface area (Å²) in [5.74, 6) is 1.79. The number of likely N-dealkylation sites (N-methyl/N-ethyl adjacent to an activating group) is 1. The molecule has 0 radical (unpaired) electrons. The molecule has 0 heterocycles. The van der Waals surface area contributed by atoms with Gasteiger partial charge in [0.15, 0.2) is 0 Å². The minimum atomic E-state index is -0.537. The molecular formula is C17H24N2O. The summed E-state index contributed by atoms with van der Waals surface area (Å²) < 4.78 is 5.89. The molecule has 1 aromatic rings. The summed E-state index contributed by atoms with van der Waals surface area (Å²) in [5.41, 5.74) is 2.06. The molecule has 1 aliphatic rings. The molecule has 3 heteroatoms. The van der Waals surface area contributed by atoms with Crippen molar-refractivity contribution in [3.05, 3.63) is 29.3 Å². The van der Waals surface area contributed by atoms with E-state index in [-0.39, 0.29) is 0 Å². The second-order valence-electron chi connectivity index (χ2n) is 6.07. The first-order chi connectivity index (χ1) is 9.52. The monoisotopic (exact) mass is 272 g/mol. The second kappa shape index (κ2) is 5.85. The topological polar surface area (TPSA) is 45.0 Å². The van der Waals surface area contributed by atoms with Crippen LogP contribution in [-0.4, -0.2) is 19.2 Å². The molecule has 0 spiro atoms. The van der Waals surface area contributed by atoms with Crippen molar-refractivity contribution >= 4 is 0 Å². The first-order valence-electron chi connectivity index (χ1n) is 7.36. The first-order valence-corrected chi connectivity index (χ1v) is 7.36. The highest BCUT2D eigenvalue weighted by atomic mass is 16.5. The van der Waals surface area contributed by atoms with E-state index in [4.69, 9.17) is 4.74 Å². The quantitative estimate of drug-likeness (QED) is 0.863. The highest BCUT2D eigenvalue weighted by molar-refractivity contribution is 5.36. The zero-order valence-electron chi connectivity index (χ0n) is 12.9. The first kappa shape index (κ1) is 14.9. The molecule has 3 nitrogen and oxygen atoms in total. The van der Waals surface area contributed by atoms with Gasteiger partial charge in [0.25, 0.3) is 0 Å². The fourth-order valence-electron chi connectivity index (χ4n) is 2.73. The van der Waals surface area contributed by atoms with Crippen molar-refractivity contribution in [3.63, 3.8) is 0 Å². The van der Waals surface area contributed by atoms with Crippen LogP contribution in [0.1, 0.15) is 43.7 Å². The van der Waals surface area contributed by atoms with Crippen LogP contribution >= 0.6 is 0 Å². The van der Waals surface area contributed by atoms with Crippen LogP contribution in [0.4, 0.5) is 0 Å². The SMILES string of the molecule is CNC(C#N)(COc1ccc(C(C)C)c(C)c1)C1CC1. The zero-order valence-corrected chi connectivity index (χ0v) is 12.9. The maximum atomic E-state index is 9.44. The zero-order chi connectivity index (χ0) is 14.8. The molecule has 1 atom stereocenters. The van der Waals surface area contributed by atoms with Crippen molar-refractivity contribution in [2.75, 3.05) is 13.7 Å². The molecule has 1 aromatic carbocycles. The van der Waals surface area contributed by atoms with Gasteiger partial charge in [-0.1, -0.05) is 19.9 Å². The van der Waals surface area contributed by atoms with Crippen molar-refractivity contribution in [2.45, 2.75) is 45.1 Å². The summed E-state index contributed by atoms with van der Waals surface area (Å²) in [5, 5.41) is 12.6. The molecule has 0 aliphatic heterocycles. The lowest BCUT2D eigenvalue weighted by Crippen LogP contribution is -2.49. The summed E-state index contributed by atoms with van der Waals surface area (Å²) in [7, 11) is 1.85. The van der Waals surface area contributed by atoms with Gasteiger partial charge in [0.05, 0.1) is 6.07 Å². The number of nitrogens with one attached hydrogen (secondary N) is 1. The van der Waals surface area contributed by atoms with Crippen molar-refractivity contribution in [1.82, 2.24) is 5.32 Å². The molecule has 0 amide bonds. The Morgan fingerprint density at radius 3 is 2.60 bits per heavy atom. The van der Waals surface area contributed by atoms with Crippen LogP contribution in [0, 0.1) is 24.2 Å². The van der Waals surface area contributed by atoms with Crippen LogP contribution in [0.25, 0.3) is 0 Å². The van der Waals surface area contributed by atoms with E-state index in [1.165, 1.54) is 11.1 Å². The predicted molar refractivity (Wildman–Crippen MR) is 80.9 cm³/mol. The van der Waals surface area contributed by atoms with Gasteiger partial charge < -0.3 is 4.74 Å². The van der Waals surface area contributed by atoms with Crippen molar-refractivity contribution < 1.29 is 4.74 Å². The van der Waals surface area contributed by atoms with Gasteiger partial charge in [-0.2, -0.15) is 5.26 Å². The lowest BCUT2D eigenvalue weighted by atomic mass is 9.96. The number of hydrogen-bond donors (Lipinski definition) is 1. The standard InChI is InChI=1S/C17H24N2O/c1-12(2)16-8-7-15(9-13(16)3)20-11-17(10-18,19-4)14-5-6-14/h7-9,12,14,19H,5-6,11H2,1-4H3. The molecule has 1 N–H and O–H groups in total. The molecule has 0 saturated heterocycles. The van der Waals surface area contributed by atoms with Crippen molar-refractivity contribution in [1.29, 1.82) is 5.26 Å². The molecule has 1 aliphatic carbocycles. The van der Waals surface area contributed by atoms with E-state index in [2.05, 4.69) is 44.3 Å². The third kappa shape index (κ3) is 2.96. The third-order valence-corrected chi connectivity index (χ3v) is 4.25. The molecule has 1 saturated carbocycles. The van der Waals surface area contributed by atoms with Gasteiger partial charge in [-0.05, 0) is 61.9 Å². The van der Waals surface area contributed by atoms with Gasteiger partial charge in [0.2, 0.25) is 0 Å². The Morgan fingerprint density at radius 2 is 2.15 bits per heavy atom. The van der Waals surface area contributed by atoms with Crippen molar-refractivity contribution in [3.8, 4) is 11.8 Å². The molecule has 20 heavy (non-hydrogen) atoms. The Morgan fingerprint density at radius 1 is 1.45 bits per heavy atom. The van der Waals surface area contributed by atoms with E-state index >= 15 is 0 Å². The van der Waals surface area contributed by atoms with Gasteiger partial charge >= 0.3 is 0 Å². The highest BCUT2D eigenvalue weighted by Crippen LogP contribution is 2.39. The number of aryl methyl sites for hydroxylation is 1. The normalized spacial score (nSPS) is 17.6. The van der Waals surface area contributed by atoms with E-state index in [1.807, 2.05) is 13.1 Å². The van der Waals surface area contributed by atoms with E-state index in [0.29, 0.717) is 18.4 Å². The van der Waals surface area contributed by atoms with Gasteiger partial charge in [-0.25, -0.2) is 0 Å². The average molecular weight is 272 g/mol. The summed E-state index contributed by atoms with van der Waals surface area (Å²) in [6.07, 6.45) is 2.23. The summed E-state index contributed by atoms with van der Waals surface area (Å²) >= 11 is 0. The summed E-state index contributed by atoms with van der Waals surface area (Å²) in [4.78, 5) is 0. The van der Waals surface area contributed by atoms with Gasteiger partial charge in [0, 0.05) is 0 Å². The largest absolute Gasteiger partial charge is 0.491 e. The van der Waals surface area contributed by atoms with E-state index in [1.54, 1.807) is 0 Å². The number of rotatable bonds is 6. The molecule has 1 unspecified atom stereocenters. The van der Waals surface area contributed by atoms with E-state index in [0.717, 1.165) is 18.6 Å².